The standard InChI is InChI=1S/C18H20N4S/c1-12-4-6-16(7-5-12)17-20-21-18(22(17)19)23-11-15-9-13(2)8-14(3)10-15/h4-10H,11,19H2,1-3H3. The Hall–Kier alpha value is -2.27. The number of hydrogen-bond donors (Lipinski definition) is 1. The highest BCUT2D eigenvalue weighted by Crippen LogP contribution is 2.25. The van der Waals surface area contributed by atoms with Gasteiger partial charge in [-0.3, -0.25) is 0 Å². The summed E-state index contributed by atoms with van der Waals surface area (Å²) in [6.07, 6.45) is 0. The molecule has 0 radical (unpaired) electrons. The summed E-state index contributed by atoms with van der Waals surface area (Å²) in [5.74, 6) is 7.68. The molecule has 4 nitrogen and oxygen atoms in total. The number of thioether (sulfide) groups is 1. The molecule has 0 spiro atoms. The number of aryl methyl sites for hydroxylation is 3. The molecular weight excluding hydrogens is 304 g/mol. The molecule has 0 aliphatic carbocycles. The molecule has 1 heterocycles. The van der Waals surface area contributed by atoms with E-state index in [1.807, 2.05) is 24.3 Å². The fraction of sp³-hybridized carbons (Fsp3) is 0.222. The molecule has 2 N–H and O–H groups in total. The molecule has 0 fully saturated rings. The maximum atomic E-state index is 6.17. The Labute approximate surface area is 140 Å². The predicted molar refractivity (Wildman–Crippen MR) is 95.8 cm³/mol. The number of benzene rings is 2. The molecule has 0 saturated heterocycles. The number of hydrogen-bond acceptors (Lipinski definition) is 4. The third-order valence-corrected chi connectivity index (χ3v) is 4.64. The van der Waals surface area contributed by atoms with Crippen LogP contribution in [0.1, 0.15) is 22.3 Å². The van der Waals surface area contributed by atoms with Gasteiger partial charge in [-0.1, -0.05) is 70.9 Å². The van der Waals surface area contributed by atoms with Crippen molar-refractivity contribution in [2.24, 2.45) is 0 Å². The molecular formula is C18H20N4S. The Morgan fingerprint density at radius 1 is 0.913 bits per heavy atom. The van der Waals surface area contributed by atoms with E-state index in [2.05, 4.69) is 49.2 Å². The fourth-order valence-corrected chi connectivity index (χ4v) is 3.36. The number of nitrogen functional groups attached to an aromatic ring is 1. The first-order valence-corrected chi connectivity index (χ1v) is 8.49. The SMILES string of the molecule is Cc1ccc(-c2nnc(SCc3cc(C)cc(C)c3)n2N)cc1. The summed E-state index contributed by atoms with van der Waals surface area (Å²) in [5, 5.41) is 9.18. The molecule has 3 rings (SSSR count). The van der Waals surface area contributed by atoms with Gasteiger partial charge in [0.1, 0.15) is 0 Å². The summed E-state index contributed by atoms with van der Waals surface area (Å²) in [4.78, 5) is 0. The summed E-state index contributed by atoms with van der Waals surface area (Å²) in [5.41, 5.74) is 6.00. The Bertz CT molecular complexity index is 801. The zero-order chi connectivity index (χ0) is 16.4. The molecule has 3 aromatic rings. The number of nitrogens with two attached hydrogens (primary N) is 1. The molecule has 5 heteroatoms. The Morgan fingerprint density at radius 2 is 1.57 bits per heavy atom. The maximum absolute atomic E-state index is 6.17. The van der Waals surface area contributed by atoms with E-state index in [1.165, 1.54) is 22.3 Å². The van der Waals surface area contributed by atoms with E-state index >= 15 is 0 Å². The van der Waals surface area contributed by atoms with Crippen LogP contribution >= 0.6 is 11.8 Å². The van der Waals surface area contributed by atoms with Gasteiger partial charge in [0.25, 0.3) is 0 Å². The van der Waals surface area contributed by atoms with Crippen LogP contribution in [0.3, 0.4) is 0 Å². The lowest BCUT2D eigenvalue weighted by Gasteiger charge is -2.06. The molecule has 0 aliphatic rings. The van der Waals surface area contributed by atoms with Gasteiger partial charge in [-0.05, 0) is 26.3 Å². The van der Waals surface area contributed by atoms with Gasteiger partial charge in [-0.25, -0.2) is 4.68 Å². The summed E-state index contributed by atoms with van der Waals surface area (Å²) < 4.78 is 1.57. The molecule has 0 aliphatic heterocycles. The molecule has 1 aromatic heterocycles. The second kappa shape index (κ2) is 6.46. The fourth-order valence-electron chi connectivity index (χ4n) is 2.58. The van der Waals surface area contributed by atoms with Crippen LogP contribution in [-0.2, 0) is 5.75 Å². The van der Waals surface area contributed by atoms with Crippen molar-refractivity contribution in [3.63, 3.8) is 0 Å². The van der Waals surface area contributed by atoms with E-state index in [0.29, 0.717) is 5.82 Å². The van der Waals surface area contributed by atoms with Crippen LogP contribution in [0.15, 0.2) is 47.6 Å². The van der Waals surface area contributed by atoms with E-state index in [1.54, 1.807) is 16.4 Å². The Morgan fingerprint density at radius 3 is 2.22 bits per heavy atom. The molecule has 0 atom stereocenters. The van der Waals surface area contributed by atoms with Crippen molar-refractivity contribution in [1.29, 1.82) is 0 Å². The minimum Gasteiger partial charge on any atom is -0.335 e. The lowest BCUT2D eigenvalue weighted by atomic mass is 10.1. The largest absolute Gasteiger partial charge is 0.335 e. The molecule has 118 valence electrons. The zero-order valence-corrected chi connectivity index (χ0v) is 14.4. The highest BCUT2D eigenvalue weighted by atomic mass is 32.2. The van der Waals surface area contributed by atoms with Crippen molar-refractivity contribution in [2.75, 3.05) is 5.84 Å². The van der Waals surface area contributed by atoms with Gasteiger partial charge in [0.15, 0.2) is 5.82 Å². The highest BCUT2D eigenvalue weighted by Gasteiger charge is 2.12. The average Bonchev–Trinajstić information content (AvgIpc) is 2.86. The Balaban J connectivity index is 1.78. The number of rotatable bonds is 4. The van der Waals surface area contributed by atoms with Crippen molar-refractivity contribution in [1.82, 2.24) is 14.9 Å². The van der Waals surface area contributed by atoms with Gasteiger partial charge in [0.2, 0.25) is 5.16 Å². The first-order valence-electron chi connectivity index (χ1n) is 7.50. The van der Waals surface area contributed by atoms with Gasteiger partial charge in [-0.15, -0.1) is 10.2 Å². The van der Waals surface area contributed by atoms with Crippen LogP contribution in [0.25, 0.3) is 11.4 Å². The van der Waals surface area contributed by atoms with Crippen LogP contribution in [0.2, 0.25) is 0 Å². The number of nitrogens with zero attached hydrogens (tertiary/aromatic N) is 3. The van der Waals surface area contributed by atoms with Crippen molar-refractivity contribution >= 4 is 11.8 Å². The monoisotopic (exact) mass is 324 g/mol. The van der Waals surface area contributed by atoms with Crippen LogP contribution in [0.4, 0.5) is 0 Å². The Kier molecular flexibility index (Phi) is 4.39. The first kappa shape index (κ1) is 15.6. The van der Waals surface area contributed by atoms with Gasteiger partial charge >= 0.3 is 0 Å². The molecule has 0 unspecified atom stereocenters. The lowest BCUT2D eigenvalue weighted by Crippen LogP contribution is -2.11. The van der Waals surface area contributed by atoms with Crippen LogP contribution in [-0.4, -0.2) is 14.9 Å². The summed E-state index contributed by atoms with van der Waals surface area (Å²) in [6, 6.07) is 14.7. The van der Waals surface area contributed by atoms with Crippen molar-refractivity contribution in [3.05, 3.63) is 64.7 Å². The van der Waals surface area contributed by atoms with Crippen LogP contribution < -0.4 is 5.84 Å². The second-order valence-electron chi connectivity index (χ2n) is 5.83. The van der Waals surface area contributed by atoms with Crippen molar-refractivity contribution < 1.29 is 0 Å². The third kappa shape index (κ3) is 3.56. The molecule has 2 aromatic carbocycles. The zero-order valence-electron chi connectivity index (χ0n) is 13.6. The second-order valence-corrected chi connectivity index (χ2v) is 6.77. The normalized spacial score (nSPS) is 10.9. The summed E-state index contributed by atoms with van der Waals surface area (Å²) in [7, 11) is 0. The van der Waals surface area contributed by atoms with E-state index in [-0.39, 0.29) is 0 Å². The lowest BCUT2D eigenvalue weighted by molar-refractivity contribution is 0.849. The smallest absolute Gasteiger partial charge is 0.210 e. The van der Waals surface area contributed by atoms with Gasteiger partial charge in [-0.2, -0.15) is 0 Å². The van der Waals surface area contributed by atoms with E-state index in [0.717, 1.165) is 16.5 Å². The van der Waals surface area contributed by atoms with Gasteiger partial charge in [0.05, 0.1) is 0 Å². The molecule has 0 bridgehead atoms. The summed E-state index contributed by atoms with van der Waals surface area (Å²) >= 11 is 1.60. The minimum atomic E-state index is 0.688. The van der Waals surface area contributed by atoms with Crippen LogP contribution in [0.5, 0.6) is 0 Å². The van der Waals surface area contributed by atoms with Gasteiger partial charge in [0, 0.05) is 11.3 Å². The molecule has 0 amide bonds. The third-order valence-electron chi connectivity index (χ3n) is 3.62. The quantitative estimate of drug-likeness (QED) is 0.584. The van der Waals surface area contributed by atoms with E-state index < -0.39 is 0 Å². The van der Waals surface area contributed by atoms with Gasteiger partial charge < -0.3 is 5.84 Å². The van der Waals surface area contributed by atoms with E-state index in [4.69, 9.17) is 5.84 Å². The van der Waals surface area contributed by atoms with E-state index in [9.17, 15) is 0 Å². The number of aromatic nitrogens is 3. The van der Waals surface area contributed by atoms with Crippen molar-refractivity contribution in [3.8, 4) is 11.4 Å². The first-order chi connectivity index (χ1) is 11.0. The minimum absolute atomic E-state index is 0.688. The van der Waals surface area contributed by atoms with Crippen molar-refractivity contribution in [2.45, 2.75) is 31.7 Å². The topological polar surface area (TPSA) is 56.7 Å². The molecule has 23 heavy (non-hydrogen) atoms. The predicted octanol–water partition coefficient (Wildman–Crippen LogP) is 3.88. The summed E-state index contributed by atoms with van der Waals surface area (Å²) in [6.45, 7) is 6.28. The maximum Gasteiger partial charge on any atom is 0.210 e. The highest BCUT2D eigenvalue weighted by molar-refractivity contribution is 7.98. The average molecular weight is 324 g/mol. The van der Waals surface area contributed by atoms with Crippen LogP contribution in [0, 0.1) is 20.8 Å². The molecule has 0 saturated carbocycles.